The summed E-state index contributed by atoms with van der Waals surface area (Å²) in [5, 5.41) is 8.45. The van der Waals surface area contributed by atoms with Crippen LogP contribution in [0.4, 0.5) is 10.2 Å². The second-order valence-electron chi connectivity index (χ2n) is 2.80. The van der Waals surface area contributed by atoms with Crippen molar-refractivity contribution in [1.82, 2.24) is 9.97 Å². The quantitative estimate of drug-likeness (QED) is 0.740. The zero-order valence-corrected chi connectivity index (χ0v) is 9.00. The summed E-state index contributed by atoms with van der Waals surface area (Å²) in [4.78, 5) is 8.96. The average molecular weight is 229 g/mol. The summed E-state index contributed by atoms with van der Waals surface area (Å²) < 4.78 is 13.3. The number of nitrogens with zero attached hydrogens (tertiary/aromatic N) is 4. The van der Waals surface area contributed by atoms with Crippen molar-refractivity contribution in [2.75, 3.05) is 18.0 Å². The first kappa shape index (κ1) is 11.7. The fraction of sp³-hybridized carbons (Fsp3) is 0.444. The third kappa shape index (κ3) is 3.03. The van der Waals surface area contributed by atoms with Crippen LogP contribution in [0.5, 0.6) is 0 Å². The molecule has 0 aliphatic carbocycles. The highest BCUT2D eigenvalue weighted by molar-refractivity contribution is 6.28. The predicted octanol–water partition coefficient (Wildman–Crippen LogP) is 2.01. The third-order valence-corrected chi connectivity index (χ3v) is 2.05. The van der Waals surface area contributed by atoms with Crippen LogP contribution in [0, 0.1) is 17.1 Å². The van der Waals surface area contributed by atoms with E-state index in [0.717, 1.165) is 6.20 Å². The smallest absolute Gasteiger partial charge is 0.224 e. The Morgan fingerprint density at radius 3 is 3.00 bits per heavy atom. The van der Waals surface area contributed by atoms with E-state index in [-0.39, 0.29) is 11.1 Å². The Balaban J connectivity index is 2.91. The predicted molar refractivity (Wildman–Crippen MR) is 55.1 cm³/mol. The van der Waals surface area contributed by atoms with Gasteiger partial charge in [0.15, 0.2) is 11.6 Å². The van der Waals surface area contributed by atoms with E-state index in [9.17, 15) is 4.39 Å². The molecule has 1 aromatic rings. The van der Waals surface area contributed by atoms with Crippen LogP contribution >= 0.6 is 11.6 Å². The molecule has 0 spiro atoms. The minimum atomic E-state index is -0.529. The van der Waals surface area contributed by atoms with Crippen molar-refractivity contribution in [1.29, 1.82) is 5.26 Å². The van der Waals surface area contributed by atoms with E-state index < -0.39 is 5.82 Å². The molecule has 0 aliphatic rings. The average Bonchev–Trinajstić information content (AvgIpc) is 2.24. The van der Waals surface area contributed by atoms with Gasteiger partial charge in [0.25, 0.3) is 0 Å². The van der Waals surface area contributed by atoms with Crippen LogP contribution in [-0.4, -0.2) is 23.1 Å². The van der Waals surface area contributed by atoms with Crippen molar-refractivity contribution in [3.05, 3.63) is 17.3 Å². The molecular formula is C9H10ClFN4. The Hall–Kier alpha value is -1.41. The molecule has 0 saturated carbocycles. The van der Waals surface area contributed by atoms with Gasteiger partial charge < -0.3 is 4.90 Å². The number of anilines is 1. The summed E-state index contributed by atoms with van der Waals surface area (Å²) in [5.41, 5.74) is 0. The summed E-state index contributed by atoms with van der Waals surface area (Å²) in [6.07, 6.45) is 1.34. The largest absolute Gasteiger partial charge is 0.353 e. The molecule has 1 rings (SSSR count). The zero-order chi connectivity index (χ0) is 11.3. The molecule has 0 unspecified atom stereocenters. The second-order valence-corrected chi connectivity index (χ2v) is 3.14. The third-order valence-electron chi connectivity index (χ3n) is 1.87. The van der Waals surface area contributed by atoms with E-state index in [1.807, 2.05) is 13.0 Å². The van der Waals surface area contributed by atoms with Crippen molar-refractivity contribution >= 4 is 17.4 Å². The topological polar surface area (TPSA) is 52.8 Å². The van der Waals surface area contributed by atoms with E-state index in [2.05, 4.69) is 9.97 Å². The van der Waals surface area contributed by atoms with E-state index in [0.29, 0.717) is 19.5 Å². The first-order chi connectivity index (χ1) is 7.19. The first-order valence-corrected chi connectivity index (χ1v) is 4.86. The molecule has 15 heavy (non-hydrogen) atoms. The summed E-state index contributed by atoms with van der Waals surface area (Å²) in [6.45, 7) is 2.84. The van der Waals surface area contributed by atoms with Gasteiger partial charge in [-0.3, -0.25) is 0 Å². The maximum absolute atomic E-state index is 13.3. The Bertz CT molecular complexity index is 377. The maximum atomic E-state index is 13.3. The van der Waals surface area contributed by atoms with Gasteiger partial charge >= 0.3 is 0 Å². The fourth-order valence-corrected chi connectivity index (χ4v) is 1.29. The van der Waals surface area contributed by atoms with E-state index >= 15 is 0 Å². The molecule has 1 aromatic heterocycles. The van der Waals surface area contributed by atoms with Crippen LogP contribution < -0.4 is 4.90 Å². The first-order valence-electron chi connectivity index (χ1n) is 4.49. The highest BCUT2D eigenvalue weighted by atomic mass is 35.5. The molecule has 0 amide bonds. The summed E-state index contributed by atoms with van der Waals surface area (Å²) in [6, 6.07) is 2.00. The van der Waals surface area contributed by atoms with Gasteiger partial charge in [-0.05, 0) is 18.5 Å². The molecule has 0 bridgehead atoms. The van der Waals surface area contributed by atoms with Crippen molar-refractivity contribution in [2.45, 2.75) is 13.3 Å². The molecule has 1 heterocycles. The van der Waals surface area contributed by atoms with Crippen LogP contribution in [0.3, 0.4) is 0 Å². The van der Waals surface area contributed by atoms with Crippen molar-refractivity contribution in [2.24, 2.45) is 0 Å². The highest BCUT2D eigenvalue weighted by Gasteiger charge is 2.12. The van der Waals surface area contributed by atoms with Gasteiger partial charge in [0.1, 0.15) is 0 Å². The number of rotatable bonds is 4. The lowest BCUT2D eigenvalue weighted by Gasteiger charge is -2.20. The molecule has 80 valence electrons. The molecule has 0 atom stereocenters. The molecule has 0 radical (unpaired) electrons. The number of nitriles is 1. The van der Waals surface area contributed by atoms with Gasteiger partial charge in [0.05, 0.1) is 18.7 Å². The minimum absolute atomic E-state index is 0.00167. The Labute approximate surface area is 92.3 Å². The normalized spacial score (nSPS) is 9.73. The van der Waals surface area contributed by atoms with E-state index in [1.165, 1.54) is 0 Å². The van der Waals surface area contributed by atoms with Gasteiger partial charge in [0, 0.05) is 13.1 Å². The molecule has 0 saturated heterocycles. The SMILES string of the molecule is CCN(CCC#N)c1nc(Cl)ncc1F. The highest BCUT2D eigenvalue weighted by Crippen LogP contribution is 2.17. The lowest BCUT2D eigenvalue weighted by atomic mass is 10.4. The standard InChI is InChI=1S/C9H10ClFN4/c1-2-15(5-3-4-12)8-7(11)6-13-9(10)14-8/h6H,2-3,5H2,1H3. The molecule has 0 aliphatic heterocycles. The van der Waals surface area contributed by atoms with Crippen LogP contribution in [0.25, 0.3) is 0 Å². The monoisotopic (exact) mass is 228 g/mol. The lowest BCUT2D eigenvalue weighted by Crippen LogP contribution is -2.26. The summed E-state index contributed by atoms with van der Waals surface area (Å²) in [5.74, 6) is -0.382. The second kappa shape index (κ2) is 5.47. The van der Waals surface area contributed by atoms with Crippen LogP contribution in [0.15, 0.2) is 6.20 Å². The van der Waals surface area contributed by atoms with Gasteiger partial charge in [0.2, 0.25) is 5.28 Å². The van der Waals surface area contributed by atoms with Crippen molar-refractivity contribution in [3.63, 3.8) is 0 Å². The number of halogens is 2. The molecule has 6 heteroatoms. The van der Waals surface area contributed by atoms with Gasteiger partial charge in [-0.15, -0.1) is 0 Å². The molecule has 0 fully saturated rings. The number of hydrogen-bond acceptors (Lipinski definition) is 4. The Morgan fingerprint density at radius 1 is 1.67 bits per heavy atom. The minimum Gasteiger partial charge on any atom is -0.353 e. The fourth-order valence-electron chi connectivity index (χ4n) is 1.16. The van der Waals surface area contributed by atoms with Crippen LogP contribution in [0.2, 0.25) is 5.28 Å². The van der Waals surface area contributed by atoms with Gasteiger partial charge in [-0.1, -0.05) is 0 Å². The van der Waals surface area contributed by atoms with Crippen LogP contribution in [0.1, 0.15) is 13.3 Å². The maximum Gasteiger partial charge on any atom is 0.224 e. The number of aromatic nitrogens is 2. The Morgan fingerprint density at radius 2 is 2.40 bits per heavy atom. The molecule has 4 nitrogen and oxygen atoms in total. The van der Waals surface area contributed by atoms with Crippen molar-refractivity contribution < 1.29 is 4.39 Å². The molecular weight excluding hydrogens is 219 g/mol. The van der Waals surface area contributed by atoms with Crippen LogP contribution in [-0.2, 0) is 0 Å². The van der Waals surface area contributed by atoms with Gasteiger partial charge in [-0.25, -0.2) is 9.37 Å². The molecule has 0 N–H and O–H groups in total. The van der Waals surface area contributed by atoms with E-state index in [1.54, 1.807) is 4.90 Å². The summed E-state index contributed by atoms with van der Waals surface area (Å²) in [7, 11) is 0. The molecule has 0 aromatic carbocycles. The Kier molecular flexibility index (Phi) is 4.25. The van der Waals surface area contributed by atoms with Crippen molar-refractivity contribution in [3.8, 4) is 6.07 Å². The lowest BCUT2D eigenvalue weighted by molar-refractivity contribution is 0.603. The summed E-state index contributed by atoms with van der Waals surface area (Å²) >= 11 is 5.57. The number of hydrogen-bond donors (Lipinski definition) is 0. The van der Waals surface area contributed by atoms with Gasteiger partial charge in [-0.2, -0.15) is 10.2 Å². The van der Waals surface area contributed by atoms with E-state index in [4.69, 9.17) is 16.9 Å². The zero-order valence-electron chi connectivity index (χ0n) is 8.24.